The molecule has 0 bridgehead atoms. The highest BCUT2D eigenvalue weighted by atomic mass is 31.3. The number of carboxylic acids is 2. The number of rotatable bonds is 30. The van der Waals surface area contributed by atoms with Crippen molar-refractivity contribution in [1.29, 1.82) is 0 Å². The summed E-state index contributed by atoms with van der Waals surface area (Å²) in [4.78, 5) is 147. The summed E-state index contributed by atoms with van der Waals surface area (Å²) >= 11 is 0. The molecular formula is C40H65N9O26P2. The van der Waals surface area contributed by atoms with Crippen molar-refractivity contribution < 1.29 is 115 Å². The highest BCUT2D eigenvalue weighted by molar-refractivity contribution is 7.61. The monoisotopic (exact) mass is 1150 g/mol. The first kappa shape index (κ1) is 65.7. The van der Waals surface area contributed by atoms with Crippen LogP contribution < -0.4 is 48.9 Å². The molecule has 0 spiro atoms. The van der Waals surface area contributed by atoms with Gasteiger partial charge in [0, 0.05) is 25.6 Å². The largest absolute Gasteiger partial charge is 0.483 e. The van der Waals surface area contributed by atoms with Crippen LogP contribution in [0.4, 0.5) is 0 Å². The number of amides is 6. The molecule has 17 N–H and O–H groups in total. The molecule has 0 radical (unpaired) electrons. The van der Waals surface area contributed by atoms with Gasteiger partial charge < -0.3 is 92.3 Å². The Morgan fingerprint density at radius 3 is 1.95 bits per heavy atom. The van der Waals surface area contributed by atoms with Crippen molar-refractivity contribution in [2.24, 2.45) is 5.73 Å². The van der Waals surface area contributed by atoms with Crippen LogP contribution in [0.1, 0.15) is 73.0 Å². The molecule has 1 aromatic rings. The van der Waals surface area contributed by atoms with E-state index in [0.717, 1.165) is 33.0 Å². The van der Waals surface area contributed by atoms with Gasteiger partial charge in [-0.05, 0) is 59.9 Å². The molecule has 35 nitrogen and oxygen atoms in total. The highest BCUT2D eigenvalue weighted by Gasteiger charge is 2.52. The zero-order valence-corrected chi connectivity index (χ0v) is 43.6. The Kier molecular flexibility index (Phi) is 25.1. The Labute approximate surface area is 436 Å². The van der Waals surface area contributed by atoms with E-state index in [1.54, 1.807) is 0 Å². The molecule has 2 fully saturated rings. The number of unbranched alkanes of at least 4 members (excludes halogenated alkanes) is 1. The predicted octanol–water partition coefficient (Wildman–Crippen LogP) is -6.68. The van der Waals surface area contributed by atoms with Crippen LogP contribution in [-0.4, -0.2) is 202 Å². The normalized spacial score (nSPS) is 26.2. The van der Waals surface area contributed by atoms with Gasteiger partial charge in [-0.1, -0.05) is 0 Å². The summed E-state index contributed by atoms with van der Waals surface area (Å²) in [6.45, 7) is 3.53. The summed E-state index contributed by atoms with van der Waals surface area (Å²) in [6, 6.07) is -8.13. The third-order valence-electron chi connectivity index (χ3n) is 11.4. The molecule has 436 valence electrons. The van der Waals surface area contributed by atoms with Crippen molar-refractivity contribution in [1.82, 2.24) is 41.5 Å². The molecule has 6 amide bonds. The summed E-state index contributed by atoms with van der Waals surface area (Å²) in [5, 5.41) is 74.4. The van der Waals surface area contributed by atoms with Gasteiger partial charge in [-0.3, -0.25) is 57.0 Å². The maximum absolute atomic E-state index is 13.4. The lowest BCUT2D eigenvalue weighted by Crippen LogP contribution is -2.66. The molecule has 5 unspecified atom stereocenters. The third kappa shape index (κ3) is 20.0. The van der Waals surface area contributed by atoms with Gasteiger partial charge in [-0.25, -0.2) is 18.7 Å². The first-order valence-corrected chi connectivity index (χ1v) is 26.4. The summed E-state index contributed by atoms with van der Waals surface area (Å²) in [5.74, 6) is -8.67. The number of aliphatic carboxylic acids is 2. The Morgan fingerprint density at radius 1 is 0.766 bits per heavy atom. The molecule has 0 aliphatic carbocycles. The van der Waals surface area contributed by atoms with Gasteiger partial charge in [-0.15, -0.1) is 0 Å². The molecule has 0 aromatic carbocycles. The second-order valence-electron chi connectivity index (χ2n) is 17.5. The number of aromatic nitrogens is 2. The second kappa shape index (κ2) is 29.4. The Bertz CT molecular complexity index is 2480. The number of nitrogens with one attached hydrogen (secondary N) is 7. The van der Waals surface area contributed by atoms with Gasteiger partial charge in [0.05, 0.1) is 13.2 Å². The second-order valence-corrected chi connectivity index (χ2v) is 20.5. The standard InChI is InChI=1S/C40H65N9O26P2/c1-16(32(57)44-18(3)37(61)62)43-35(60)21(8-6-7-12-41)46-25(52)10-9-22(38(63)64)47-33(58)17(2)42-34(59)19(4)71-31-27(45-20(5)51)39(73-23(14-50)29(31)55)74-77(68,69)75-76(66,67)70-15-24-28(54)30(56)36(72-24)49-13-11-26(53)48-40(49)65/h11,13,16-19,21-24,27-31,36,39,50,54-56H,6-10,12,14-15,41H2,1-5H3,(H,42,59)(H,43,60)(H,44,57)(H,45,51)(H,46,52)(H,47,58)(H,61,62)(H,63,64)(H,66,67)(H,68,69)(H,48,53,65)/t16-,17+,18-,19?,21+,22?,23-,24-,27-,28-,29-,30-,31-,36-,39?/m1/s1. The van der Waals surface area contributed by atoms with Crippen molar-refractivity contribution in [3.8, 4) is 0 Å². The van der Waals surface area contributed by atoms with Crippen LogP contribution >= 0.6 is 15.6 Å². The smallest absolute Gasteiger partial charge is 0.480 e. The average Bonchev–Trinajstić information content (AvgIpc) is 3.61. The molecular weight excluding hydrogens is 1080 g/mol. The van der Waals surface area contributed by atoms with E-state index in [-0.39, 0.29) is 13.0 Å². The van der Waals surface area contributed by atoms with Crippen molar-refractivity contribution >= 4 is 63.0 Å². The summed E-state index contributed by atoms with van der Waals surface area (Å²) < 4.78 is 57.0. The van der Waals surface area contributed by atoms with Crippen LogP contribution in [0, 0.1) is 0 Å². The number of nitrogens with two attached hydrogens (primary N) is 1. The number of carbonyl (C=O) groups excluding carboxylic acids is 6. The minimum Gasteiger partial charge on any atom is -0.480 e. The van der Waals surface area contributed by atoms with Gasteiger partial charge in [0.1, 0.15) is 79.0 Å². The molecule has 2 saturated heterocycles. The first-order valence-electron chi connectivity index (χ1n) is 23.4. The minimum atomic E-state index is -5.95. The highest BCUT2D eigenvalue weighted by Crippen LogP contribution is 2.61. The molecule has 77 heavy (non-hydrogen) atoms. The van der Waals surface area contributed by atoms with Gasteiger partial charge in [0.15, 0.2) is 12.5 Å². The molecule has 37 heteroatoms. The molecule has 0 saturated carbocycles. The number of phosphoric ester groups is 2. The molecule has 2 aliphatic heterocycles. The third-order valence-corrected chi connectivity index (χ3v) is 14.0. The Balaban J connectivity index is 1.65. The average molecular weight is 1150 g/mol. The van der Waals surface area contributed by atoms with Crippen molar-refractivity contribution in [2.75, 3.05) is 19.8 Å². The van der Waals surface area contributed by atoms with E-state index >= 15 is 0 Å². The van der Waals surface area contributed by atoms with E-state index in [1.165, 1.54) is 13.8 Å². The fourth-order valence-electron chi connectivity index (χ4n) is 7.24. The SMILES string of the molecule is CC(=O)N[C@H]1C(OP(=O)(O)OP(=O)(O)OC[C@H]2O[C@@H](n3ccc(=O)[nH]c3=O)[C@H](O)[C@@H]2O)O[C@H](CO)[C@@H](O)[C@@H]1OC(C)C(=O)N[C@@H](C)C(=O)NC(CCC(=O)N[C@@H](CCCCN)C(=O)N[C@H](C)C(=O)N[C@H](C)C(=O)O)C(=O)O. The number of carboxylic acid groups (broad SMARTS) is 2. The van der Waals surface area contributed by atoms with E-state index in [9.17, 15) is 92.4 Å². The van der Waals surface area contributed by atoms with Gasteiger partial charge in [0.25, 0.3) is 5.56 Å². The lowest BCUT2D eigenvalue weighted by atomic mass is 9.96. The number of nitrogens with zero attached hydrogens (tertiary/aromatic N) is 1. The van der Waals surface area contributed by atoms with Crippen molar-refractivity contribution in [2.45, 2.75) is 158 Å². The van der Waals surface area contributed by atoms with Crippen LogP contribution in [0.25, 0.3) is 0 Å². The summed E-state index contributed by atoms with van der Waals surface area (Å²) in [7, 11) is -11.7. The lowest BCUT2D eigenvalue weighted by Gasteiger charge is -2.44. The molecule has 3 heterocycles. The lowest BCUT2D eigenvalue weighted by molar-refractivity contribution is -0.261. The van der Waals surface area contributed by atoms with E-state index in [0.29, 0.717) is 17.4 Å². The van der Waals surface area contributed by atoms with Gasteiger partial charge >= 0.3 is 33.3 Å². The summed E-state index contributed by atoms with van der Waals surface area (Å²) in [6.07, 6.45) is -16.4. The number of ether oxygens (including phenoxy) is 3. The Morgan fingerprint density at radius 2 is 1.38 bits per heavy atom. The van der Waals surface area contributed by atoms with Crippen LogP contribution in [0.2, 0.25) is 0 Å². The van der Waals surface area contributed by atoms with E-state index in [1.807, 2.05) is 4.98 Å². The van der Waals surface area contributed by atoms with Crippen LogP contribution in [-0.2, 0) is 75.1 Å². The number of phosphoric acid groups is 2. The zero-order valence-electron chi connectivity index (χ0n) is 41.8. The fraction of sp³-hybridized carbons (Fsp3) is 0.700. The first-order chi connectivity index (χ1) is 35.8. The molecule has 1 aromatic heterocycles. The van der Waals surface area contributed by atoms with E-state index in [2.05, 4.69) is 40.7 Å². The maximum Gasteiger partial charge on any atom is 0.483 e. The predicted molar refractivity (Wildman–Crippen MR) is 253 cm³/mol. The topological polar surface area (TPSA) is 541 Å². The van der Waals surface area contributed by atoms with Gasteiger partial charge in [-0.2, -0.15) is 4.31 Å². The number of carbonyl (C=O) groups is 8. The van der Waals surface area contributed by atoms with Crippen molar-refractivity contribution in [3.05, 3.63) is 33.1 Å². The van der Waals surface area contributed by atoms with E-state index in [4.69, 9.17) is 29.6 Å². The Hall–Kier alpha value is -5.62. The van der Waals surface area contributed by atoms with E-state index < -0.39 is 192 Å². The number of hydrogen-bond donors (Lipinski definition) is 16. The number of aromatic amines is 1. The quantitative estimate of drug-likeness (QED) is 0.0251. The molecule has 2 aliphatic rings. The number of aliphatic hydroxyl groups excluding tert-OH is 4. The number of H-pyrrole nitrogens is 1. The van der Waals surface area contributed by atoms with Crippen LogP contribution in [0.15, 0.2) is 21.9 Å². The van der Waals surface area contributed by atoms with Gasteiger partial charge in [0.2, 0.25) is 35.4 Å². The number of aliphatic hydroxyl groups is 4. The maximum atomic E-state index is 13.4. The molecule has 3 rings (SSSR count). The van der Waals surface area contributed by atoms with Crippen LogP contribution in [0.3, 0.4) is 0 Å². The number of hydrogen-bond acceptors (Lipinski definition) is 23. The van der Waals surface area contributed by atoms with Crippen LogP contribution in [0.5, 0.6) is 0 Å². The minimum absolute atomic E-state index is 0.0339. The summed E-state index contributed by atoms with van der Waals surface area (Å²) in [5.41, 5.74) is 3.66. The fourth-order valence-corrected chi connectivity index (χ4v) is 9.40. The molecule has 17 atom stereocenters. The zero-order chi connectivity index (χ0) is 58.3. The van der Waals surface area contributed by atoms with Crippen molar-refractivity contribution in [3.63, 3.8) is 0 Å².